The molecule has 0 spiro atoms. The quantitative estimate of drug-likeness (QED) is 0.426. The molecule has 0 fully saturated rings. The summed E-state index contributed by atoms with van der Waals surface area (Å²) < 4.78 is 58.4. The van der Waals surface area contributed by atoms with Crippen molar-refractivity contribution in [2.75, 3.05) is 20.2 Å². The molecule has 4 rings (SSSR count). The van der Waals surface area contributed by atoms with E-state index in [1.165, 1.54) is 23.1 Å². The van der Waals surface area contributed by atoms with Crippen molar-refractivity contribution in [1.29, 1.82) is 0 Å². The van der Waals surface area contributed by atoms with Gasteiger partial charge >= 0.3 is 0 Å². The number of nitrogens with two attached hydrogens (primary N) is 1. The first-order valence-electron chi connectivity index (χ1n) is 11.1. The van der Waals surface area contributed by atoms with Crippen molar-refractivity contribution < 1.29 is 21.9 Å². The van der Waals surface area contributed by atoms with Crippen molar-refractivity contribution in [3.05, 3.63) is 77.1 Å². The smallest absolute Gasteiger partial charge is 0.241 e. The predicted octanol–water partition coefficient (Wildman–Crippen LogP) is 3.00. The van der Waals surface area contributed by atoms with Crippen LogP contribution >= 0.6 is 0 Å². The Labute approximate surface area is 198 Å². The molecule has 1 aliphatic carbocycles. The summed E-state index contributed by atoms with van der Waals surface area (Å²) in [5.41, 5.74) is 2.90. The van der Waals surface area contributed by atoms with E-state index in [4.69, 9.17) is 9.88 Å². The van der Waals surface area contributed by atoms with Crippen LogP contribution in [-0.2, 0) is 29.4 Å². The summed E-state index contributed by atoms with van der Waals surface area (Å²) in [6.45, 7) is 1.40. The highest BCUT2D eigenvalue weighted by Crippen LogP contribution is 2.42. The molecule has 0 radical (unpaired) electrons. The molecule has 1 aromatic heterocycles. The molecule has 3 N–H and O–H groups in total. The lowest BCUT2D eigenvalue weighted by Gasteiger charge is -2.21. The average Bonchev–Trinajstić information content (AvgIpc) is 3.37. The van der Waals surface area contributed by atoms with Gasteiger partial charge in [-0.1, -0.05) is 12.1 Å². The zero-order valence-corrected chi connectivity index (χ0v) is 19.7. The number of ether oxygens (including phenoxy) is 1. The molecule has 7 nitrogen and oxygen atoms in total. The molecule has 0 saturated heterocycles. The summed E-state index contributed by atoms with van der Waals surface area (Å²) in [4.78, 5) is -0.0569. The van der Waals surface area contributed by atoms with E-state index in [-0.39, 0.29) is 34.9 Å². The SMILES string of the molecule is CNCC1Cc2cc(F)c(OCCCn3cc(S(N)(=O)=O)cn3)cc2C1Cc1cccc(F)c1. The van der Waals surface area contributed by atoms with E-state index in [0.717, 1.165) is 29.7 Å². The van der Waals surface area contributed by atoms with Crippen LogP contribution in [0.5, 0.6) is 5.75 Å². The number of benzene rings is 2. The Morgan fingerprint density at radius 1 is 1.26 bits per heavy atom. The number of aryl methyl sites for hydroxylation is 1. The van der Waals surface area contributed by atoms with Crippen LogP contribution in [0.25, 0.3) is 0 Å². The highest BCUT2D eigenvalue weighted by molar-refractivity contribution is 7.89. The fourth-order valence-electron chi connectivity index (χ4n) is 4.62. The lowest BCUT2D eigenvalue weighted by atomic mass is 9.86. The molecule has 3 aromatic rings. The zero-order chi connectivity index (χ0) is 24.3. The zero-order valence-electron chi connectivity index (χ0n) is 18.9. The van der Waals surface area contributed by atoms with Gasteiger partial charge in [0.2, 0.25) is 10.0 Å². The van der Waals surface area contributed by atoms with Crippen molar-refractivity contribution in [2.45, 2.75) is 36.6 Å². The summed E-state index contributed by atoms with van der Waals surface area (Å²) in [6, 6.07) is 9.92. The molecule has 2 unspecified atom stereocenters. The van der Waals surface area contributed by atoms with Crippen LogP contribution in [0.15, 0.2) is 53.7 Å². The molecule has 1 aliphatic rings. The number of hydrogen-bond donors (Lipinski definition) is 2. The fourth-order valence-corrected chi connectivity index (χ4v) is 5.08. The Morgan fingerprint density at radius 2 is 2.09 bits per heavy atom. The first kappa shape index (κ1) is 24.3. The van der Waals surface area contributed by atoms with Gasteiger partial charge in [0.15, 0.2) is 11.6 Å². The third-order valence-electron chi connectivity index (χ3n) is 6.18. The Morgan fingerprint density at radius 3 is 2.79 bits per heavy atom. The number of rotatable bonds is 10. The van der Waals surface area contributed by atoms with E-state index in [1.807, 2.05) is 13.1 Å². The summed E-state index contributed by atoms with van der Waals surface area (Å²) >= 11 is 0. The number of nitrogens with one attached hydrogen (secondary N) is 1. The second-order valence-electron chi connectivity index (χ2n) is 8.63. The third-order valence-corrected chi connectivity index (χ3v) is 7.05. The fraction of sp³-hybridized carbons (Fsp3) is 0.375. The van der Waals surface area contributed by atoms with Crippen molar-refractivity contribution in [2.24, 2.45) is 11.1 Å². The number of hydrogen-bond acceptors (Lipinski definition) is 5. The molecular formula is C24H28F2N4O3S. The van der Waals surface area contributed by atoms with Gasteiger partial charge in [-0.2, -0.15) is 5.10 Å². The van der Waals surface area contributed by atoms with Gasteiger partial charge in [0, 0.05) is 19.2 Å². The summed E-state index contributed by atoms with van der Waals surface area (Å²) in [5, 5.41) is 12.3. The van der Waals surface area contributed by atoms with Crippen LogP contribution in [0.1, 0.15) is 29.0 Å². The maximum atomic E-state index is 14.8. The van der Waals surface area contributed by atoms with Crippen LogP contribution < -0.4 is 15.2 Å². The Bertz CT molecular complexity index is 1260. The number of nitrogens with zero attached hydrogens (tertiary/aromatic N) is 2. The van der Waals surface area contributed by atoms with Gasteiger partial charge in [0.1, 0.15) is 10.7 Å². The maximum absolute atomic E-state index is 14.8. The van der Waals surface area contributed by atoms with Crippen LogP contribution in [0.4, 0.5) is 8.78 Å². The minimum atomic E-state index is -3.80. The van der Waals surface area contributed by atoms with Crippen molar-refractivity contribution in [3.8, 4) is 5.75 Å². The van der Waals surface area contributed by atoms with E-state index in [1.54, 1.807) is 24.3 Å². The Balaban J connectivity index is 1.45. The maximum Gasteiger partial charge on any atom is 0.241 e. The normalized spacial score (nSPS) is 17.6. The number of aromatic nitrogens is 2. The van der Waals surface area contributed by atoms with Crippen LogP contribution in [0.3, 0.4) is 0 Å². The van der Waals surface area contributed by atoms with Gasteiger partial charge in [-0.25, -0.2) is 22.3 Å². The highest BCUT2D eigenvalue weighted by Gasteiger charge is 2.33. The average molecular weight is 491 g/mol. The van der Waals surface area contributed by atoms with Crippen LogP contribution in [0, 0.1) is 17.6 Å². The highest BCUT2D eigenvalue weighted by atomic mass is 32.2. The van der Waals surface area contributed by atoms with E-state index >= 15 is 0 Å². The molecule has 34 heavy (non-hydrogen) atoms. The Kier molecular flexibility index (Phi) is 7.30. The number of primary sulfonamides is 1. The molecule has 10 heteroatoms. The summed E-state index contributed by atoms with van der Waals surface area (Å²) in [7, 11) is -1.90. The van der Waals surface area contributed by atoms with E-state index in [2.05, 4.69) is 10.4 Å². The van der Waals surface area contributed by atoms with Gasteiger partial charge in [-0.3, -0.25) is 4.68 Å². The van der Waals surface area contributed by atoms with Crippen molar-refractivity contribution in [1.82, 2.24) is 15.1 Å². The third kappa shape index (κ3) is 5.63. The molecule has 0 bridgehead atoms. The van der Waals surface area contributed by atoms with Crippen LogP contribution in [-0.4, -0.2) is 38.4 Å². The van der Waals surface area contributed by atoms with Gasteiger partial charge in [-0.05, 0) is 79.2 Å². The molecule has 2 atom stereocenters. The molecule has 0 amide bonds. The van der Waals surface area contributed by atoms with E-state index in [9.17, 15) is 17.2 Å². The van der Waals surface area contributed by atoms with Crippen molar-refractivity contribution >= 4 is 10.0 Å². The summed E-state index contributed by atoms with van der Waals surface area (Å²) in [5.74, 6) is -0.112. The molecule has 182 valence electrons. The monoisotopic (exact) mass is 490 g/mol. The lowest BCUT2D eigenvalue weighted by Crippen LogP contribution is -2.23. The Hall–Kier alpha value is -2.82. The topological polar surface area (TPSA) is 99.2 Å². The standard InChI is InChI=1S/C24H28F2N4O3S/c1-28-13-18-10-17-11-23(26)24(12-22(17)21(18)9-16-4-2-5-19(25)8-16)33-7-3-6-30-15-20(14-29-30)34(27,31)32/h2,4-5,8,11-12,14-15,18,21,28H,3,6-7,9-10,13H2,1H3,(H2,27,31,32). The van der Waals surface area contributed by atoms with Gasteiger partial charge in [0.05, 0.1) is 12.8 Å². The number of fused-ring (bicyclic) bond motifs is 1. The first-order valence-corrected chi connectivity index (χ1v) is 12.7. The van der Waals surface area contributed by atoms with Crippen LogP contribution in [0.2, 0.25) is 0 Å². The van der Waals surface area contributed by atoms with E-state index < -0.39 is 15.8 Å². The van der Waals surface area contributed by atoms with Gasteiger partial charge in [-0.15, -0.1) is 0 Å². The lowest BCUT2D eigenvalue weighted by molar-refractivity contribution is 0.284. The minimum Gasteiger partial charge on any atom is -0.490 e. The molecule has 0 saturated carbocycles. The number of halogens is 2. The minimum absolute atomic E-state index is 0.0569. The van der Waals surface area contributed by atoms with Gasteiger partial charge < -0.3 is 10.1 Å². The predicted molar refractivity (Wildman–Crippen MR) is 124 cm³/mol. The second-order valence-corrected chi connectivity index (χ2v) is 10.2. The molecule has 1 heterocycles. The summed E-state index contributed by atoms with van der Waals surface area (Å²) in [6.07, 6.45) is 4.45. The second kappa shape index (κ2) is 10.2. The molecule has 2 aromatic carbocycles. The largest absolute Gasteiger partial charge is 0.490 e. The molecular weight excluding hydrogens is 462 g/mol. The molecule has 0 aliphatic heterocycles. The number of sulfonamides is 1. The van der Waals surface area contributed by atoms with Crippen molar-refractivity contribution in [3.63, 3.8) is 0 Å². The van der Waals surface area contributed by atoms with Gasteiger partial charge in [0.25, 0.3) is 0 Å². The van der Waals surface area contributed by atoms with E-state index in [0.29, 0.717) is 19.4 Å². The first-order chi connectivity index (χ1) is 16.2.